The van der Waals surface area contributed by atoms with Crippen molar-refractivity contribution >= 4 is 0 Å². The Morgan fingerprint density at radius 2 is 1.81 bits per heavy atom. The number of aliphatic hydroxyl groups excluding tert-OH is 1. The van der Waals surface area contributed by atoms with Crippen LogP contribution in [0.25, 0.3) is 0 Å². The van der Waals surface area contributed by atoms with E-state index in [2.05, 4.69) is 32.9 Å². The monoisotopic (exact) mass is 286 g/mol. The van der Waals surface area contributed by atoms with Gasteiger partial charge in [-0.3, -0.25) is 0 Å². The molecule has 6 atom stereocenters. The van der Waals surface area contributed by atoms with Crippen LogP contribution in [0.5, 0.6) is 0 Å². The van der Waals surface area contributed by atoms with E-state index in [-0.39, 0.29) is 6.10 Å². The summed E-state index contributed by atoms with van der Waals surface area (Å²) in [5, 5.41) is 10.0. The molecule has 0 heterocycles. The van der Waals surface area contributed by atoms with E-state index in [0.717, 1.165) is 30.6 Å². The molecule has 4 aliphatic rings. The zero-order valence-corrected chi connectivity index (χ0v) is 13.9. The second kappa shape index (κ2) is 4.47. The number of rotatable bonds is 0. The Kier molecular flexibility index (Phi) is 2.99. The normalized spacial score (nSPS) is 52.4. The van der Waals surface area contributed by atoms with E-state index >= 15 is 0 Å². The van der Waals surface area contributed by atoms with Crippen molar-refractivity contribution in [1.82, 2.24) is 0 Å². The molecule has 3 unspecified atom stereocenters. The topological polar surface area (TPSA) is 20.2 Å². The first-order valence-electron chi connectivity index (χ1n) is 9.04. The van der Waals surface area contributed by atoms with Gasteiger partial charge in [0.1, 0.15) is 0 Å². The molecule has 4 rings (SSSR count). The van der Waals surface area contributed by atoms with E-state index < -0.39 is 0 Å². The van der Waals surface area contributed by atoms with Crippen LogP contribution in [0.1, 0.15) is 65.7 Å². The second-order valence-electron chi connectivity index (χ2n) is 8.80. The van der Waals surface area contributed by atoms with Gasteiger partial charge in [0.25, 0.3) is 0 Å². The van der Waals surface area contributed by atoms with Gasteiger partial charge >= 0.3 is 0 Å². The van der Waals surface area contributed by atoms with Crippen LogP contribution in [-0.2, 0) is 0 Å². The molecule has 1 heteroatoms. The van der Waals surface area contributed by atoms with Crippen LogP contribution < -0.4 is 0 Å². The van der Waals surface area contributed by atoms with Crippen LogP contribution in [-0.4, -0.2) is 11.2 Å². The summed E-state index contributed by atoms with van der Waals surface area (Å²) in [6, 6.07) is 0. The fourth-order valence-corrected chi connectivity index (χ4v) is 6.24. The number of fused-ring (bicyclic) bond motifs is 5. The molecule has 3 saturated carbocycles. The van der Waals surface area contributed by atoms with Crippen LogP contribution >= 0.6 is 0 Å². The minimum atomic E-state index is -0.0976. The highest BCUT2D eigenvalue weighted by Gasteiger charge is 2.55. The first kappa shape index (κ1) is 14.1. The van der Waals surface area contributed by atoms with E-state index in [1.54, 1.807) is 5.57 Å². The van der Waals surface area contributed by atoms with Crippen LogP contribution in [0.2, 0.25) is 0 Å². The van der Waals surface area contributed by atoms with Gasteiger partial charge in [0, 0.05) is 0 Å². The molecule has 0 bridgehead atoms. The molecule has 116 valence electrons. The Morgan fingerprint density at radius 1 is 1.00 bits per heavy atom. The smallest absolute Gasteiger partial charge is 0.0578 e. The fourth-order valence-electron chi connectivity index (χ4n) is 6.24. The lowest BCUT2D eigenvalue weighted by molar-refractivity contribution is 0.0476. The van der Waals surface area contributed by atoms with Crippen molar-refractivity contribution in [2.75, 3.05) is 0 Å². The third-order valence-corrected chi connectivity index (χ3v) is 8.02. The average Bonchev–Trinajstić information content (AvgIpc) is 2.76. The number of hydrogen-bond donors (Lipinski definition) is 1. The molecule has 3 fully saturated rings. The zero-order valence-electron chi connectivity index (χ0n) is 13.9. The van der Waals surface area contributed by atoms with E-state index in [1.807, 2.05) is 0 Å². The summed E-state index contributed by atoms with van der Waals surface area (Å²) in [7, 11) is 0. The van der Waals surface area contributed by atoms with Gasteiger partial charge in [-0.1, -0.05) is 44.1 Å². The fraction of sp³-hybridized carbons (Fsp3) is 0.800. The lowest BCUT2D eigenvalue weighted by Gasteiger charge is -2.54. The standard InChI is InChI=1S/C20H30O/c1-13-4-7-17-16-6-5-14-12-15(21)8-10-20(14,3)18(16)9-11-19(13,17)2/h5-6,13,15,17-18,21H,4,7-12H2,1-3H3/t13?,15-,17?,18?,19+,20-/m0/s1. The van der Waals surface area contributed by atoms with Gasteiger partial charge in [-0.05, 0) is 73.5 Å². The van der Waals surface area contributed by atoms with Crippen LogP contribution in [0.15, 0.2) is 23.3 Å². The number of allylic oxidation sites excluding steroid dienone is 3. The molecule has 1 N–H and O–H groups in total. The van der Waals surface area contributed by atoms with Crippen molar-refractivity contribution in [2.24, 2.45) is 28.6 Å². The van der Waals surface area contributed by atoms with Crippen molar-refractivity contribution in [3.8, 4) is 0 Å². The summed E-state index contributed by atoms with van der Waals surface area (Å²) in [6.45, 7) is 7.52. The minimum absolute atomic E-state index is 0.0976. The summed E-state index contributed by atoms with van der Waals surface area (Å²) >= 11 is 0. The van der Waals surface area contributed by atoms with Crippen LogP contribution in [0, 0.1) is 28.6 Å². The predicted molar refractivity (Wildman–Crippen MR) is 86.8 cm³/mol. The SMILES string of the molecule is CC1CCC2C3=CC=C4C[C@@H](O)CC[C@]4(C)C3CC[C@]12C. The molecule has 0 saturated heterocycles. The summed E-state index contributed by atoms with van der Waals surface area (Å²) in [4.78, 5) is 0. The van der Waals surface area contributed by atoms with Crippen molar-refractivity contribution < 1.29 is 5.11 Å². The lowest BCUT2D eigenvalue weighted by Crippen LogP contribution is -2.45. The Balaban J connectivity index is 1.74. The molecule has 0 amide bonds. The van der Waals surface area contributed by atoms with E-state index in [1.165, 1.54) is 37.7 Å². The molecule has 0 radical (unpaired) electrons. The van der Waals surface area contributed by atoms with E-state index in [4.69, 9.17) is 0 Å². The minimum Gasteiger partial charge on any atom is -0.393 e. The van der Waals surface area contributed by atoms with Gasteiger partial charge in [-0.15, -0.1) is 0 Å². The average molecular weight is 286 g/mol. The van der Waals surface area contributed by atoms with Crippen molar-refractivity contribution in [3.63, 3.8) is 0 Å². The molecule has 0 aromatic rings. The van der Waals surface area contributed by atoms with Gasteiger partial charge in [-0.2, -0.15) is 0 Å². The lowest BCUT2D eigenvalue weighted by atomic mass is 9.50. The Bertz CT molecular complexity index is 516. The molecule has 21 heavy (non-hydrogen) atoms. The molecular formula is C20H30O. The maximum Gasteiger partial charge on any atom is 0.0578 e. The third-order valence-electron chi connectivity index (χ3n) is 8.02. The van der Waals surface area contributed by atoms with Gasteiger partial charge in [0.05, 0.1) is 6.10 Å². The maximum absolute atomic E-state index is 10.0. The highest BCUT2D eigenvalue weighted by molar-refractivity contribution is 5.38. The number of aliphatic hydroxyl groups is 1. The highest BCUT2D eigenvalue weighted by atomic mass is 16.3. The third kappa shape index (κ3) is 1.79. The van der Waals surface area contributed by atoms with Crippen molar-refractivity contribution in [1.29, 1.82) is 0 Å². The summed E-state index contributed by atoms with van der Waals surface area (Å²) in [5.74, 6) is 2.47. The maximum atomic E-state index is 10.0. The van der Waals surface area contributed by atoms with Crippen molar-refractivity contribution in [3.05, 3.63) is 23.3 Å². The zero-order chi connectivity index (χ0) is 14.8. The molecule has 0 spiro atoms. The van der Waals surface area contributed by atoms with E-state index in [0.29, 0.717) is 10.8 Å². The first-order valence-corrected chi connectivity index (χ1v) is 9.04. The van der Waals surface area contributed by atoms with Gasteiger partial charge in [0.15, 0.2) is 0 Å². The molecular weight excluding hydrogens is 256 g/mol. The van der Waals surface area contributed by atoms with Crippen LogP contribution in [0.4, 0.5) is 0 Å². The van der Waals surface area contributed by atoms with Gasteiger partial charge < -0.3 is 5.11 Å². The highest BCUT2D eigenvalue weighted by Crippen LogP contribution is 2.64. The molecule has 1 nitrogen and oxygen atoms in total. The largest absolute Gasteiger partial charge is 0.393 e. The Hall–Kier alpha value is -0.560. The van der Waals surface area contributed by atoms with Gasteiger partial charge in [0.2, 0.25) is 0 Å². The number of hydrogen-bond acceptors (Lipinski definition) is 1. The van der Waals surface area contributed by atoms with Crippen molar-refractivity contribution in [2.45, 2.75) is 71.8 Å². The van der Waals surface area contributed by atoms with Crippen LogP contribution in [0.3, 0.4) is 0 Å². The summed E-state index contributed by atoms with van der Waals surface area (Å²) < 4.78 is 0. The molecule has 0 aromatic carbocycles. The Morgan fingerprint density at radius 3 is 2.62 bits per heavy atom. The molecule has 4 aliphatic carbocycles. The second-order valence-corrected chi connectivity index (χ2v) is 8.80. The quantitative estimate of drug-likeness (QED) is 0.674. The summed E-state index contributed by atoms with van der Waals surface area (Å²) in [5.41, 5.74) is 4.20. The summed E-state index contributed by atoms with van der Waals surface area (Å²) in [6.07, 6.45) is 13.5. The molecule has 0 aromatic heterocycles. The predicted octanol–water partition coefficient (Wildman–Crippen LogP) is 4.87. The first-order chi connectivity index (χ1) is 9.95. The Labute approximate surface area is 129 Å². The molecule has 0 aliphatic heterocycles. The van der Waals surface area contributed by atoms with Gasteiger partial charge in [-0.25, -0.2) is 0 Å². The van der Waals surface area contributed by atoms with E-state index in [9.17, 15) is 5.11 Å².